The minimum atomic E-state index is -0.943. The highest BCUT2D eigenvalue weighted by Crippen LogP contribution is 2.48. The zero-order chi connectivity index (χ0) is 15.3. The van der Waals surface area contributed by atoms with Crippen molar-refractivity contribution in [2.45, 2.75) is 38.3 Å². The van der Waals surface area contributed by atoms with Gasteiger partial charge in [-0.3, -0.25) is 9.59 Å². The smallest absolute Gasteiger partial charge is 0.309 e. The van der Waals surface area contributed by atoms with Gasteiger partial charge in [0.15, 0.2) is 0 Å². The van der Waals surface area contributed by atoms with Gasteiger partial charge in [0.1, 0.15) is 0 Å². The van der Waals surface area contributed by atoms with Gasteiger partial charge in [0, 0.05) is 19.5 Å². The monoisotopic (exact) mass is 293 g/mol. The fourth-order valence-corrected chi connectivity index (χ4v) is 3.34. The topological polar surface area (TPSA) is 84.7 Å². The molecular weight excluding hydrogens is 274 g/mol. The maximum absolute atomic E-state index is 12.3. The van der Waals surface area contributed by atoms with E-state index in [0.29, 0.717) is 11.6 Å². The maximum Gasteiger partial charge on any atom is 0.309 e. The molecule has 1 N–H and O–H groups in total. The number of carbonyl (C=O) groups is 2. The number of amides is 1. The van der Waals surface area contributed by atoms with Crippen molar-refractivity contribution in [2.75, 3.05) is 7.11 Å². The molecule has 2 fully saturated rings. The lowest BCUT2D eigenvalue weighted by Gasteiger charge is -2.27. The molecule has 114 valence electrons. The second kappa shape index (κ2) is 4.75. The summed E-state index contributed by atoms with van der Waals surface area (Å²) in [6.07, 6.45) is 1.93. The van der Waals surface area contributed by atoms with Crippen LogP contribution in [0, 0.1) is 12.8 Å². The van der Waals surface area contributed by atoms with E-state index in [4.69, 9.17) is 4.74 Å². The van der Waals surface area contributed by atoms with Gasteiger partial charge in [0.25, 0.3) is 0 Å². The summed E-state index contributed by atoms with van der Waals surface area (Å²) >= 11 is 0. The third-order valence-corrected chi connectivity index (χ3v) is 4.32. The predicted octanol–water partition coefficient (Wildman–Crippen LogP) is 0.874. The van der Waals surface area contributed by atoms with Crippen LogP contribution in [0.25, 0.3) is 0 Å². The largest absolute Gasteiger partial charge is 0.481 e. The van der Waals surface area contributed by atoms with Gasteiger partial charge in [-0.1, -0.05) is 0 Å². The number of hydrogen-bond acceptors (Lipinski definition) is 4. The normalized spacial score (nSPS) is 25.5. The van der Waals surface area contributed by atoms with Gasteiger partial charge >= 0.3 is 5.97 Å². The van der Waals surface area contributed by atoms with E-state index in [1.165, 1.54) is 7.11 Å². The Morgan fingerprint density at radius 3 is 2.62 bits per heavy atom. The Morgan fingerprint density at radius 1 is 1.43 bits per heavy atom. The molecule has 1 aromatic heterocycles. The van der Waals surface area contributed by atoms with Crippen LogP contribution in [0.4, 0.5) is 0 Å². The lowest BCUT2D eigenvalue weighted by molar-refractivity contribution is -0.142. The molecule has 1 aromatic rings. The molecule has 7 heteroatoms. The molecule has 2 aliphatic rings. The molecule has 1 saturated carbocycles. The van der Waals surface area contributed by atoms with Crippen LogP contribution in [0.2, 0.25) is 0 Å². The van der Waals surface area contributed by atoms with E-state index < -0.39 is 17.9 Å². The number of hydrogen-bond donors (Lipinski definition) is 1. The van der Waals surface area contributed by atoms with Crippen LogP contribution in [-0.2, 0) is 16.6 Å². The zero-order valence-corrected chi connectivity index (χ0v) is 12.4. The summed E-state index contributed by atoms with van der Waals surface area (Å²) in [4.78, 5) is 25.6. The number of rotatable bonds is 4. The number of aryl methyl sites for hydroxylation is 2. The van der Waals surface area contributed by atoms with Crippen molar-refractivity contribution >= 4 is 11.9 Å². The molecule has 21 heavy (non-hydrogen) atoms. The highest BCUT2D eigenvalue weighted by atomic mass is 16.5. The lowest BCUT2D eigenvalue weighted by Crippen LogP contribution is -2.33. The quantitative estimate of drug-likeness (QED) is 0.890. The Hall–Kier alpha value is -2.05. The van der Waals surface area contributed by atoms with Crippen molar-refractivity contribution in [1.29, 1.82) is 0 Å². The van der Waals surface area contributed by atoms with Crippen molar-refractivity contribution in [3.05, 3.63) is 11.3 Å². The van der Waals surface area contributed by atoms with E-state index in [-0.39, 0.29) is 18.4 Å². The van der Waals surface area contributed by atoms with Crippen molar-refractivity contribution in [3.8, 4) is 5.88 Å². The number of carboxylic acids is 1. The number of aromatic nitrogens is 2. The standard InChI is InChI=1S/C14H19N3O4/c1-7-11(13(21-3)16(2)15-7)12-9(14(19)20)6-10(18)17(12)8-4-5-8/h8-9,12H,4-6H2,1-3H3,(H,19,20). The first-order valence-corrected chi connectivity index (χ1v) is 7.07. The Morgan fingerprint density at radius 2 is 2.10 bits per heavy atom. The van der Waals surface area contributed by atoms with Crippen molar-refractivity contribution < 1.29 is 19.4 Å². The van der Waals surface area contributed by atoms with Gasteiger partial charge in [-0.15, -0.1) is 0 Å². The summed E-state index contributed by atoms with van der Waals surface area (Å²) in [5.74, 6) is -1.24. The molecule has 3 rings (SSSR count). The molecule has 0 spiro atoms. The molecule has 1 aliphatic carbocycles. The highest BCUT2D eigenvalue weighted by molar-refractivity contribution is 5.88. The number of carbonyl (C=O) groups excluding carboxylic acids is 1. The molecule has 1 amide bonds. The minimum Gasteiger partial charge on any atom is -0.481 e. The van der Waals surface area contributed by atoms with E-state index in [2.05, 4.69) is 5.10 Å². The Kier molecular flexibility index (Phi) is 3.15. The first-order valence-electron chi connectivity index (χ1n) is 7.07. The summed E-state index contributed by atoms with van der Waals surface area (Å²) < 4.78 is 6.99. The molecule has 7 nitrogen and oxygen atoms in total. The fraction of sp³-hybridized carbons (Fsp3) is 0.643. The average molecular weight is 293 g/mol. The van der Waals surface area contributed by atoms with Gasteiger partial charge in [-0.2, -0.15) is 5.10 Å². The molecule has 2 atom stereocenters. The number of likely N-dealkylation sites (tertiary alicyclic amines) is 1. The third-order valence-electron chi connectivity index (χ3n) is 4.32. The molecular formula is C14H19N3O4. The Labute approximate surface area is 122 Å². The summed E-state index contributed by atoms with van der Waals surface area (Å²) in [6.45, 7) is 1.82. The van der Waals surface area contributed by atoms with Gasteiger partial charge in [0.2, 0.25) is 11.8 Å². The van der Waals surface area contributed by atoms with E-state index in [1.54, 1.807) is 16.6 Å². The SMILES string of the molecule is COc1c(C2C(C(=O)O)CC(=O)N2C2CC2)c(C)nn1C. The summed E-state index contributed by atoms with van der Waals surface area (Å²) in [5.41, 5.74) is 1.44. The minimum absolute atomic E-state index is 0.0496. The lowest BCUT2D eigenvalue weighted by atomic mass is 9.93. The van der Waals surface area contributed by atoms with Gasteiger partial charge in [-0.25, -0.2) is 4.68 Å². The van der Waals surface area contributed by atoms with Gasteiger partial charge < -0.3 is 14.7 Å². The fourth-order valence-electron chi connectivity index (χ4n) is 3.34. The van der Waals surface area contributed by atoms with E-state index in [0.717, 1.165) is 18.4 Å². The second-order valence-corrected chi connectivity index (χ2v) is 5.76. The number of carboxylic acid groups (broad SMARTS) is 1. The highest BCUT2D eigenvalue weighted by Gasteiger charge is 2.51. The van der Waals surface area contributed by atoms with Gasteiger partial charge in [-0.05, 0) is 19.8 Å². The number of aliphatic carboxylic acids is 1. The van der Waals surface area contributed by atoms with Crippen LogP contribution >= 0.6 is 0 Å². The number of methoxy groups -OCH3 is 1. The first kappa shape index (κ1) is 13.9. The summed E-state index contributed by atoms with van der Waals surface area (Å²) in [5, 5.41) is 13.8. The van der Waals surface area contributed by atoms with Crippen molar-refractivity contribution in [1.82, 2.24) is 14.7 Å². The van der Waals surface area contributed by atoms with Crippen LogP contribution in [0.5, 0.6) is 5.88 Å². The molecule has 0 bridgehead atoms. The molecule has 0 radical (unpaired) electrons. The molecule has 0 aromatic carbocycles. The average Bonchev–Trinajstić information content (AvgIpc) is 3.12. The van der Waals surface area contributed by atoms with Crippen LogP contribution in [0.1, 0.15) is 36.6 Å². The number of ether oxygens (including phenoxy) is 1. The molecule has 1 aliphatic heterocycles. The Balaban J connectivity index is 2.11. The van der Waals surface area contributed by atoms with E-state index in [9.17, 15) is 14.7 Å². The Bertz CT molecular complexity index is 606. The van der Waals surface area contributed by atoms with E-state index >= 15 is 0 Å². The van der Waals surface area contributed by atoms with Crippen LogP contribution in [0.3, 0.4) is 0 Å². The number of nitrogens with zero attached hydrogens (tertiary/aromatic N) is 3. The molecule has 1 saturated heterocycles. The van der Waals surface area contributed by atoms with Crippen LogP contribution < -0.4 is 4.74 Å². The molecule has 2 unspecified atom stereocenters. The maximum atomic E-state index is 12.3. The predicted molar refractivity (Wildman–Crippen MR) is 72.8 cm³/mol. The zero-order valence-electron chi connectivity index (χ0n) is 12.4. The summed E-state index contributed by atoms with van der Waals surface area (Å²) in [7, 11) is 3.29. The van der Waals surface area contributed by atoms with Crippen molar-refractivity contribution in [2.24, 2.45) is 13.0 Å². The molecule has 2 heterocycles. The van der Waals surface area contributed by atoms with Crippen molar-refractivity contribution in [3.63, 3.8) is 0 Å². The summed E-state index contributed by atoms with van der Waals surface area (Å²) in [6, 6.07) is -0.317. The second-order valence-electron chi connectivity index (χ2n) is 5.76. The van der Waals surface area contributed by atoms with Gasteiger partial charge in [0.05, 0.1) is 30.3 Å². The van der Waals surface area contributed by atoms with Crippen LogP contribution in [0.15, 0.2) is 0 Å². The van der Waals surface area contributed by atoms with E-state index in [1.807, 2.05) is 6.92 Å². The van der Waals surface area contributed by atoms with Crippen LogP contribution in [-0.4, -0.2) is 44.8 Å². The third kappa shape index (κ3) is 2.07. The first-order chi connectivity index (χ1) is 9.95.